The molecule has 178 valence electrons. The Hall–Kier alpha value is -2.43. The summed E-state index contributed by atoms with van der Waals surface area (Å²) in [5.41, 5.74) is 1.22. The van der Waals surface area contributed by atoms with Crippen LogP contribution in [0.2, 0.25) is 0 Å². The molecule has 0 unspecified atom stereocenters. The summed E-state index contributed by atoms with van der Waals surface area (Å²) in [5, 5.41) is -0.0453. The van der Waals surface area contributed by atoms with E-state index in [4.69, 9.17) is 14.2 Å². The Morgan fingerprint density at radius 2 is 1.88 bits per heavy atom. The van der Waals surface area contributed by atoms with Crippen LogP contribution in [0, 0.1) is 5.92 Å². The van der Waals surface area contributed by atoms with E-state index in [0.29, 0.717) is 43.3 Å². The van der Waals surface area contributed by atoms with E-state index < -0.39 is 9.84 Å². The Morgan fingerprint density at radius 3 is 2.50 bits per heavy atom. The second kappa shape index (κ2) is 12.0. The van der Waals surface area contributed by atoms with Gasteiger partial charge in [-0.25, -0.2) is 13.4 Å². The molecular formula is C22H33N3O6S. The van der Waals surface area contributed by atoms with Crippen LogP contribution in [0.15, 0.2) is 35.6 Å². The molecule has 0 saturated heterocycles. The van der Waals surface area contributed by atoms with Gasteiger partial charge in [0.15, 0.2) is 0 Å². The monoisotopic (exact) mass is 467 g/mol. The molecule has 1 amide bonds. The fourth-order valence-corrected chi connectivity index (χ4v) is 4.77. The topological polar surface area (TPSA) is 100.0 Å². The van der Waals surface area contributed by atoms with Crippen LogP contribution in [0.3, 0.4) is 0 Å². The highest BCUT2D eigenvalue weighted by molar-refractivity contribution is 7.90. The van der Waals surface area contributed by atoms with Crippen molar-refractivity contribution in [3.8, 4) is 5.75 Å². The van der Waals surface area contributed by atoms with Crippen molar-refractivity contribution in [1.29, 1.82) is 0 Å². The molecular weight excluding hydrogens is 434 g/mol. The van der Waals surface area contributed by atoms with Gasteiger partial charge in [0.1, 0.15) is 5.75 Å². The number of carbonyl (C=O) groups excluding carboxylic acids is 1. The lowest BCUT2D eigenvalue weighted by molar-refractivity contribution is -0.135. The molecule has 2 aromatic rings. The van der Waals surface area contributed by atoms with E-state index >= 15 is 0 Å². The Balaban J connectivity index is 2.38. The molecule has 32 heavy (non-hydrogen) atoms. The Kier molecular flexibility index (Phi) is 9.67. The highest BCUT2D eigenvalue weighted by Gasteiger charge is 2.26. The van der Waals surface area contributed by atoms with Crippen molar-refractivity contribution < 1.29 is 27.4 Å². The number of ether oxygens (including phenoxy) is 3. The molecule has 10 heteroatoms. The minimum atomic E-state index is -3.76. The summed E-state index contributed by atoms with van der Waals surface area (Å²) in [6.45, 7) is 5.27. The zero-order valence-electron chi connectivity index (χ0n) is 19.4. The third-order valence-corrected chi connectivity index (χ3v) is 6.51. The van der Waals surface area contributed by atoms with Crippen LogP contribution in [-0.2, 0) is 42.9 Å². The second-order valence-corrected chi connectivity index (χ2v) is 9.58. The molecule has 0 aliphatic heterocycles. The molecule has 0 fully saturated rings. The van der Waals surface area contributed by atoms with E-state index in [-0.39, 0.29) is 29.3 Å². The second-order valence-electron chi connectivity index (χ2n) is 7.69. The molecule has 0 aliphatic rings. The van der Waals surface area contributed by atoms with Crippen molar-refractivity contribution in [3.63, 3.8) is 0 Å². The number of nitrogens with zero attached hydrogens (tertiary/aromatic N) is 3. The average molecular weight is 468 g/mol. The number of methoxy groups -OCH3 is 3. The van der Waals surface area contributed by atoms with Gasteiger partial charge in [-0.05, 0) is 17.7 Å². The van der Waals surface area contributed by atoms with Crippen LogP contribution in [0.4, 0.5) is 0 Å². The SMILES string of the molecule is COCCN(Cc1cnc(S(=O)(=O)Cc2cccc(OC)c2)n1CCOC)C(=O)C(C)C. The van der Waals surface area contributed by atoms with E-state index in [1.54, 1.807) is 48.0 Å². The van der Waals surface area contributed by atoms with Crippen LogP contribution in [0.1, 0.15) is 25.1 Å². The van der Waals surface area contributed by atoms with Crippen LogP contribution in [0.25, 0.3) is 0 Å². The van der Waals surface area contributed by atoms with Crippen molar-refractivity contribution in [2.75, 3.05) is 41.1 Å². The fourth-order valence-electron chi connectivity index (χ4n) is 3.26. The van der Waals surface area contributed by atoms with E-state index in [2.05, 4.69) is 4.98 Å². The van der Waals surface area contributed by atoms with Crippen LogP contribution in [-0.4, -0.2) is 69.9 Å². The molecule has 0 spiro atoms. The Morgan fingerprint density at radius 1 is 1.16 bits per heavy atom. The number of aromatic nitrogens is 2. The van der Waals surface area contributed by atoms with Crippen molar-refractivity contribution in [3.05, 3.63) is 41.7 Å². The van der Waals surface area contributed by atoms with E-state index in [0.717, 1.165) is 0 Å². The first-order valence-corrected chi connectivity index (χ1v) is 12.1. The lowest BCUT2D eigenvalue weighted by Crippen LogP contribution is -2.37. The number of rotatable bonds is 13. The molecule has 1 aromatic carbocycles. The summed E-state index contributed by atoms with van der Waals surface area (Å²) in [7, 11) is 0.901. The first kappa shape index (κ1) is 25.8. The van der Waals surface area contributed by atoms with Gasteiger partial charge < -0.3 is 23.7 Å². The first-order chi connectivity index (χ1) is 15.2. The fraction of sp³-hybridized carbons (Fsp3) is 0.545. The lowest BCUT2D eigenvalue weighted by atomic mass is 10.2. The number of imidazole rings is 1. The predicted octanol–water partition coefficient (Wildman–Crippen LogP) is 2.14. The minimum absolute atomic E-state index is 0.0395. The van der Waals surface area contributed by atoms with E-state index in [1.807, 2.05) is 13.8 Å². The molecule has 2 rings (SSSR count). The summed E-state index contributed by atoms with van der Waals surface area (Å²) < 4.78 is 43.6. The van der Waals surface area contributed by atoms with Crippen molar-refractivity contribution in [2.24, 2.45) is 5.92 Å². The molecule has 9 nitrogen and oxygen atoms in total. The largest absolute Gasteiger partial charge is 0.497 e. The molecule has 1 aromatic heterocycles. The van der Waals surface area contributed by atoms with E-state index in [9.17, 15) is 13.2 Å². The average Bonchev–Trinajstić information content (AvgIpc) is 3.17. The summed E-state index contributed by atoms with van der Waals surface area (Å²) in [6.07, 6.45) is 1.52. The number of carbonyl (C=O) groups is 1. The Bertz CT molecular complexity index is 987. The molecule has 0 N–H and O–H groups in total. The number of benzene rings is 1. The predicted molar refractivity (Wildman–Crippen MR) is 120 cm³/mol. The lowest BCUT2D eigenvalue weighted by Gasteiger charge is -2.25. The maximum Gasteiger partial charge on any atom is 0.228 e. The number of sulfone groups is 1. The van der Waals surface area contributed by atoms with Gasteiger partial charge in [0.25, 0.3) is 0 Å². The van der Waals surface area contributed by atoms with Crippen LogP contribution in [0.5, 0.6) is 5.75 Å². The van der Waals surface area contributed by atoms with Gasteiger partial charge in [0, 0.05) is 33.2 Å². The van der Waals surface area contributed by atoms with Gasteiger partial charge in [-0.15, -0.1) is 0 Å². The van der Waals surface area contributed by atoms with Gasteiger partial charge in [-0.1, -0.05) is 26.0 Å². The highest BCUT2D eigenvalue weighted by Crippen LogP contribution is 2.21. The third kappa shape index (κ3) is 6.78. The molecule has 0 saturated carbocycles. The van der Waals surface area contributed by atoms with Crippen LogP contribution < -0.4 is 4.74 Å². The first-order valence-electron chi connectivity index (χ1n) is 10.4. The molecule has 0 bridgehead atoms. The third-order valence-electron chi connectivity index (χ3n) is 4.91. The van der Waals surface area contributed by atoms with Gasteiger partial charge in [0.2, 0.25) is 20.9 Å². The number of hydrogen-bond donors (Lipinski definition) is 0. The molecule has 1 heterocycles. The standard InChI is InChI=1S/C22H33N3O6S/c1-17(2)21(26)24(9-11-29-3)15-19-14-23-22(25(19)10-12-30-4)32(27,28)16-18-7-6-8-20(13-18)31-5/h6-8,13-14,17H,9-12,15-16H2,1-5H3. The zero-order chi connectivity index (χ0) is 23.7. The van der Waals surface area contributed by atoms with Gasteiger partial charge >= 0.3 is 0 Å². The quantitative estimate of drug-likeness (QED) is 0.445. The zero-order valence-corrected chi connectivity index (χ0v) is 20.2. The summed E-state index contributed by atoms with van der Waals surface area (Å²) >= 11 is 0. The summed E-state index contributed by atoms with van der Waals surface area (Å²) in [5.74, 6) is 0.134. The molecule has 0 atom stereocenters. The minimum Gasteiger partial charge on any atom is -0.497 e. The van der Waals surface area contributed by atoms with Crippen molar-refractivity contribution in [1.82, 2.24) is 14.5 Å². The maximum atomic E-state index is 13.2. The van der Waals surface area contributed by atoms with Crippen molar-refractivity contribution in [2.45, 2.75) is 37.8 Å². The van der Waals surface area contributed by atoms with Crippen LogP contribution >= 0.6 is 0 Å². The van der Waals surface area contributed by atoms with E-state index in [1.165, 1.54) is 13.3 Å². The maximum absolute atomic E-state index is 13.2. The Labute approximate surface area is 190 Å². The normalized spacial score (nSPS) is 11.7. The molecule has 0 aliphatic carbocycles. The summed E-state index contributed by atoms with van der Waals surface area (Å²) in [6, 6.07) is 6.93. The van der Waals surface area contributed by atoms with Gasteiger partial charge in [-0.2, -0.15) is 0 Å². The van der Waals surface area contributed by atoms with Gasteiger partial charge in [0.05, 0.1) is 44.5 Å². The van der Waals surface area contributed by atoms with Gasteiger partial charge in [-0.3, -0.25) is 4.79 Å². The molecule has 0 radical (unpaired) electrons. The smallest absolute Gasteiger partial charge is 0.228 e. The van der Waals surface area contributed by atoms with Crippen molar-refractivity contribution >= 4 is 15.7 Å². The summed E-state index contributed by atoms with van der Waals surface area (Å²) in [4.78, 5) is 18.6. The number of hydrogen-bond acceptors (Lipinski definition) is 7. The highest BCUT2D eigenvalue weighted by atomic mass is 32.2. The number of amides is 1.